The van der Waals surface area contributed by atoms with Gasteiger partial charge in [-0.3, -0.25) is 9.52 Å². The zero-order valence-electron chi connectivity index (χ0n) is 20.2. The molecule has 10 nitrogen and oxygen atoms in total. The van der Waals surface area contributed by atoms with E-state index in [4.69, 9.17) is 16.0 Å². The van der Waals surface area contributed by atoms with Crippen LogP contribution in [0.3, 0.4) is 0 Å². The molecule has 0 fully saturated rings. The van der Waals surface area contributed by atoms with Crippen molar-refractivity contribution < 1.29 is 22.1 Å². The second-order valence-corrected chi connectivity index (χ2v) is 10.7. The molecule has 1 aromatic heterocycles. The van der Waals surface area contributed by atoms with E-state index in [2.05, 4.69) is 20.2 Å². The second-order valence-electron chi connectivity index (χ2n) is 9.03. The minimum Gasteiger partial charge on any atom is -0.337 e. The predicted octanol–water partition coefficient (Wildman–Crippen LogP) is 3.60. The quantitative estimate of drug-likeness (QED) is 0.264. The van der Waals surface area contributed by atoms with Crippen LogP contribution in [0.15, 0.2) is 57.9 Å². The zero-order chi connectivity index (χ0) is 26.3. The average molecular weight is 519 g/mol. The molecule has 36 heavy (non-hydrogen) atoms. The fourth-order valence-electron chi connectivity index (χ4n) is 3.11. The number of rotatable bonds is 12. The number of aromatic nitrogens is 2. The molecule has 0 spiro atoms. The molecule has 12 heteroatoms. The van der Waals surface area contributed by atoms with Gasteiger partial charge in [0, 0.05) is 16.9 Å². The first-order valence-electron chi connectivity index (χ1n) is 11.5. The summed E-state index contributed by atoms with van der Waals surface area (Å²) in [5.41, 5.74) is 11.7. The summed E-state index contributed by atoms with van der Waals surface area (Å²) in [5.74, 6) is 0.152. The van der Waals surface area contributed by atoms with Crippen LogP contribution >= 0.6 is 0 Å². The van der Waals surface area contributed by atoms with Crippen molar-refractivity contribution in [1.82, 2.24) is 10.1 Å². The SMILES string of the molecule is CC(C)(CF)C(=O)Nc1ccc(NS(=O)(=O)c2ccc(-c3noc(C(N)CCCCN)n3)cc2)cc1. The molecular weight excluding hydrogens is 487 g/mol. The van der Waals surface area contributed by atoms with Gasteiger partial charge in [-0.2, -0.15) is 4.98 Å². The minimum atomic E-state index is -3.88. The van der Waals surface area contributed by atoms with Gasteiger partial charge in [-0.15, -0.1) is 0 Å². The first-order chi connectivity index (χ1) is 17.1. The van der Waals surface area contributed by atoms with Crippen LogP contribution < -0.4 is 21.5 Å². The van der Waals surface area contributed by atoms with Crippen LogP contribution in [0.1, 0.15) is 45.0 Å². The highest BCUT2D eigenvalue weighted by atomic mass is 32.2. The van der Waals surface area contributed by atoms with E-state index in [0.717, 1.165) is 12.8 Å². The summed E-state index contributed by atoms with van der Waals surface area (Å²) in [4.78, 5) is 16.4. The summed E-state index contributed by atoms with van der Waals surface area (Å²) in [6.45, 7) is 2.78. The Hall–Kier alpha value is -3.35. The maximum Gasteiger partial charge on any atom is 0.261 e. The van der Waals surface area contributed by atoms with Gasteiger partial charge >= 0.3 is 0 Å². The number of nitrogens with two attached hydrogens (primary N) is 2. The van der Waals surface area contributed by atoms with Crippen molar-refractivity contribution in [2.75, 3.05) is 23.3 Å². The van der Waals surface area contributed by atoms with E-state index in [9.17, 15) is 17.6 Å². The molecule has 6 N–H and O–H groups in total. The summed E-state index contributed by atoms with van der Waals surface area (Å²) < 4.78 is 46.3. The van der Waals surface area contributed by atoms with Crippen molar-refractivity contribution >= 4 is 27.3 Å². The lowest BCUT2D eigenvalue weighted by Crippen LogP contribution is -2.32. The molecule has 0 aliphatic carbocycles. The van der Waals surface area contributed by atoms with Crippen molar-refractivity contribution in [3.63, 3.8) is 0 Å². The van der Waals surface area contributed by atoms with Gasteiger partial charge in [-0.1, -0.05) is 11.6 Å². The van der Waals surface area contributed by atoms with Gasteiger partial charge in [0.2, 0.25) is 17.6 Å². The van der Waals surface area contributed by atoms with Crippen LogP contribution in [0.4, 0.5) is 15.8 Å². The Bertz CT molecular complexity index is 1260. The van der Waals surface area contributed by atoms with Crippen LogP contribution in [0.25, 0.3) is 11.4 Å². The number of unbranched alkanes of at least 4 members (excludes halogenated alkanes) is 1. The Kier molecular flexibility index (Phi) is 8.77. The Morgan fingerprint density at radius 2 is 1.72 bits per heavy atom. The Morgan fingerprint density at radius 1 is 1.08 bits per heavy atom. The van der Waals surface area contributed by atoms with E-state index in [1.807, 2.05) is 0 Å². The predicted molar refractivity (Wildman–Crippen MR) is 135 cm³/mol. The van der Waals surface area contributed by atoms with Crippen molar-refractivity contribution in [3.8, 4) is 11.4 Å². The lowest BCUT2D eigenvalue weighted by Gasteiger charge is -2.19. The second kappa shape index (κ2) is 11.6. The van der Waals surface area contributed by atoms with E-state index in [1.54, 1.807) is 12.1 Å². The largest absolute Gasteiger partial charge is 0.337 e. The number of carbonyl (C=O) groups is 1. The summed E-state index contributed by atoms with van der Waals surface area (Å²) in [6, 6.07) is 11.7. The number of hydrogen-bond acceptors (Lipinski definition) is 8. The van der Waals surface area contributed by atoms with Gasteiger partial charge in [-0.05, 0) is 81.8 Å². The van der Waals surface area contributed by atoms with Gasteiger partial charge in [-0.25, -0.2) is 12.8 Å². The number of nitrogens with one attached hydrogen (secondary N) is 2. The normalized spacial score (nSPS) is 12.8. The van der Waals surface area contributed by atoms with E-state index in [-0.39, 0.29) is 4.90 Å². The number of hydrogen-bond donors (Lipinski definition) is 4. The molecular formula is C24H31FN6O4S. The third-order valence-electron chi connectivity index (χ3n) is 5.49. The number of sulfonamides is 1. The molecule has 0 saturated carbocycles. The third kappa shape index (κ3) is 6.86. The van der Waals surface area contributed by atoms with Crippen LogP contribution in [0, 0.1) is 5.41 Å². The molecule has 194 valence electrons. The number of alkyl halides is 1. The first-order valence-corrected chi connectivity index (χ1v) is 12.9. The highest BCUT2D eigenvalue weighted by Gasteiger charge is 2.27. The molecule has 2 aromatic carbocycles. The highest BCUT2D eigenvalue weighted by Crippen LogP contribution is 2.24. The number of benzene rings is 2. The van der Waals surface area contributed by atoms with E-state index in [0.29, 0.717) is 41.6 Å². The number of amides is 1. The number of halogens is 1. The maximum atomic E-state index is 13.0. The monoisotopic (exact) mass is 518 g/mol. The number of nitrogens with zero attached hydrogens (tertiary/aromatic N) is 2. The van der Waals surface area contributed by atoms with E-state index in [1.165, 1.54) is 50.2 Å². The van der Waals surface area contributed by atoms with Crippen LogP contribution in [0.5, 0.6) is 0 Å². The number of carbonyl (C=O) groups excluding carboxylic acids is 1. The highest BCUT2D eigenvalue weighted by molar-refractivity contribution is 7.92. The Balaban J connectivity index is 1.64. The summed E-state index contributed by atoms with van der Waals surface area (Å²) in [5, 5.41) is 6.55. The van der Waals surface area contributed by atoms with Crippen LogP contribution in [0.2, 0.25) is 0 Å². The molecule has 1 amide bonds. The van der Waals surface area contributed by atoms with Gasteiger partial charge in [0.15, 0.2) is 0 Å². The summed E-state index contributed by atoms with van der Waals surface area (Å²) >= 11 is 0. The van der Waals surface area contributed by atoms with Gasteiger partial charge in [0.25, 0.3) is 10.0 Å². The molecule has 3 rings (SSSR count). The topological polar surface area (TPSA) is 166 Å². The zero-order valence-corrected chi connectivity index (χ0v) is 21.0. The smallest absolute Gasteiger partial charge is 0.261 e. The fourth-order valence-corrected chi connectivity index (χ4v) is 4.17. The van der Waals surface area contributed by atoms with E-state index < -0.39 is 34.1 Å². The van der Waals surface area contributed by atoms with Gasteiger partial charge < -0.3 is 21.3 Å². The molecule has 0 radical (unpaired) electrons. The lowest BCUT2D eigenvalue weighted by atomic mass is 9.94. The fraction of sp³-hybridized carbons (Fsp3) is 0.375. The molecule has 1 unspecified atom stereocenters. The van der Waals surface area contributed by atoms with Gasteiger partial charge in [0.1, 0.15) is 6.67 Å². The average Bonchev–Trinajstić information content (AvgIpc) is 3.36. The molecule has 0 bridgehead atoms. The van der Waals surface area contributed by atoms with Crippen LogP contribution in [-0.2, 0) is 14.8 Å². The molecule has 0 aliphatic rings. The van der Waals surface area contributed by atoms with Crippen LogP contribution in [-0.4, -0.2) is 37.7 Å². The first kappa shape index (κ1) is 27.2. The maximum absolute atomic E-state index is 13.0. The van der Waals surface area contributed by atoms with Crippen molar-refractivity contribution in [1.29, 1.82) is 0 Å². The Labute approximate surface area is 209 Å². The standard InChI is InChI=1S/C24H31FN6O4S/c1-24(2,15-25)23(32)28-17-8-10-18(11-9-17)31-36(33,34)19-12-6-16(7-13-19)21-29-22(35-30-21)20(27)5-3-4-14-26/h6-13,20,31H,3-5,14-15,26-27H2,1-2H3,(H,28,32). The van der Waals surface area contributed by atoms with Crippen molar-refractivity contribution in [3.05, 3.63) is 54.4 Å². The van der Waals surface area contributed by atoms with Crippen molar-refractivity contribution in [2.45, 2.75) is 44.0 Å². The van der Waals surface area contributed by atoms with E-state index >= 15 is 0 Å². The molecule has 0 saturated heterocycles. The molecule has 3 aromatic rings. The minimum absolute atomic E-state index is 0.0375. The Morgan fingerprint density at radius 3 is 2.33 bits per heavy atom. The van der Waals surface area contributed by atoms with Gasteiger partial charge in [0.05, 0.1) is 16.4 Å². The number of anilines is 2. The summed E-state index contributed by atoms with van der Waals surface area (Å²) in [7, 11) is -3.88. The molecule has 1 heterocycles. The third-order valence-corrected chi connectivity index (χ3v) is 6.89. The van der Waals surface area contributed by atoms with Crippen molar-refractivity contribution in [2.24, 2.45) is 16.9 Å². The molecule has 0 aliphatic heterocycles. The molecule has 1 atom stereocenters. The lowest BCUT2D eigenvalue weighted by molar-refractivity contribution is -0.124. The summed E-state index contributed by atoms with van der Waals surface area (Å²) in [6.07, 6.45) is 2.38.